The Morgan fingerprint density at radius 2 is 0.714 bits per heavy atom. The van der Waals surface area contributed by atoms with Crippen molar-refractivity contribution in [2.24, 2.45) is 0 Å². The second-order valence-corrected chi connectivity index (χ2v) is 13.1. The van der Waals surface area contributed by atoms with E-state index in [0.29, 0.717) is 0 Å². The number of fused-ring (bicyclic) bond motifs is 7. The molecule has 49 heavy (non-hydrogen) atoms. The highest BCUT2D eigenvalue weighted by Crippen LogP contribution is 2.53. The number of hydrogen-bond donors (Lipinski definition) is 0. The maximum Gasteiger partial charge on any atom is 0.123 e. The summed E-state index contributed by atoms with van der Waals surface area (Å²) in [4.78, 5) is 4.45. The molecule has 0 unspecified atom stereocenters. The number of hydrogen-bond acceptors (Lipinski definition) is 3. The van der Waals surface area contributed by atoms with Crippen molar-refractivity contribution >= 4 is 87.2 Å². The van der Waals surface area contributed by atoms with E-state index in [1.807, 2.05) is 60.7 Å². The zero-order chi connectivity index (χ0) is 32.9. The fourth-order valence-electron chi connectivity index (χ4n) is 6.95. The molecule has 0 saturated heterocycles. The van der Waals surface area contributed by atoms with Gasteiger partial charge in [-0.15, -0.1) is 11.3 Å². The summed E-state index contributed by atoms with van der Waals surface area (Å²) in [5, 5.41) is 6.88. The predicted molar refractivity (Wildman–Crippen MR) is 204 cm³/mol. The monoisotopic (exact) mass is 654 g/mol. The summed E-state index contributed by atoms with van der Waals surface area (Å²) < 4.78 is 30.8. The maximum atomic E-state index is 14.3. The molecule has 0 amide bonds. The molecule has 0 bridgehead atoms. The molecule has 0 radical (unpaired) electrons. The van der Waals surface area contributed by atoms with Crippen molar-refractivity contribution in [3.05, 3.63) is 181 Å². The third kappa shape index (κ3) is 4.98. The predicted octanol–water partition coefficient (Wildman–Crippen LogP) is 13.6. The molecular formula is C44H28F2N2S. The van der Waals surface area contributed by atoms with Crippen LogP contribution in [0, 0.1) is 11.6 Å². The lowest BCUT2D eigenvalue weighted by Gasteiger charge is -2.26. The Morgan fingerprint density at radius 3 is 1.12 bits per heavy atom. The van der Waals surface area contributed by atoms with Gasteiger partial charge in [-0.25, -0.2) is 8.78 Å². The Kier molecular flexibility index (Phi) is 7.06. The van der Waals surface area contributed by atoms with Crippen molar-refractivity contribution in [2.45, 2.75) is 0 Å². The standard InChI is InChI=1S/C44H28F2N2S/c45-31-19-23-35(24-20-31)47(33-13-3-1-4-14-33)39-27-29-11-7-9-17-37(29)41-42-38-18-10-8-12-30(38)28-40(44(42)49-43(39)41)48(34-15-5-2-6-16-34)36-25-21-32(46)22-26-36/h1-28H. The highest BCUT2D eigenvalue weighted by Gasteiger charge is 2.25. The quantitative estimate of drug-likeness (QED) is 0.176. The maximum absolute atomic E-state index is 14.3. The molecular weight excluding hydrogens is 627 g/mol. The van der Waals surface area contributed by atoms with Crippen LogP contribution in [-0.2, 0) is 0 Å². The molecule has 1 aromatic heterocycles. The van der Waals surface area contributed by atoms with Crippen molar-refractivity contribution in [3.8, 4) is 0 Å². The van der Waals surface area contributed by atoms with Crippen LogP contribution in [0.25, 0.3) is 41.7 Å². The minimum absolute atomic E-state index is 0.278. The Morgan fingerprint density at radius 1 is 0.367 bits per heavy atom. The molecule has 0 N–H and O–H groups in total. The average molecular weight is 655 g/mol. The van der Waals surface area contributed by atoms with E-state index in [1.165, 1.54) is 35.0 Å². The van der Waals surface area contributed by atoms with E-state index in [2.05, 4.69) is 94.7 Å². The van der Waals surface area contributed by atoms with E-state index in [1.54, 1.807) is 11.3 Å². The molecule has 234 valence electrons. The molecule has 2 nitrogen and oxygen atoms in total. The van der Waals surface area contributed by atoms with Gasteiger partial charge >= 0.3 is 0 Å². The third-order valence-corrected chi connectivity index (χ3v) is 10.3. The fourth-order valence-corrected chi connectivity index (χ4v) is 8.30. The smallest absolute Gasteiger partial charge is 0.123 e. The van der Waals surface area contributed by atoms with Crippen LogP contribution in [0.15, 0.2) is 170 Å². The Hall–Kier alpha value is -6.04. The summed E-state index contributed by atoms with van der Waals surface area (Å²) in [5.74, 6) is -0.555. The molecule has 0 fully saturated rings. The summed E-state index contributed by atoms with van der Waals surface area (Å²) >= 11 is 1.75. The van der Waals surface area contributed by atoms with E-state index >= 15 is 0 Å². The van der Waals surface area contributed by atoms with E-state index < -0.39 is 0 Å². The molecule has 5 heteroatoms. The summed E-state index contributed by atoms with van der Waals surface area (Å²) in [5.41, 5.74) is 5.70. The van der Waals surface area contributed by atoms with Crippen LogP contribution in [0.5, 0.6) is 0 Å². The van der Waals surface area contributed by atoms with Crippen LogP contribution >= 0.6 is 11.3 Å². The first-order valence-corrected chi connectivity index (χ1v) is 17.0. The molecule has 0 aliphatic rings. The van der Waals surface area contributed by atoms with E-state index in [-0.39, 0.29) is 11.6 Å². The zero-order valence-electron chi connectivity index (χ0n) is 26.2. The lowest BCUT2D eigenvalue weighted by Crippen LogP contribution is -2.10. The number of benzene rings is 8. The molecule has 0 spiro atoms. The number of para-hydroxylation sites is 2. The number of rotatable bonds is 6. The normalized spacial score (nSPS) is 11.5. The van der Waals surface area contributed by atoms with Gasteiger partial charge < -0.3 is 9.80 Å². The Balaban J connectivity index is 1.45. The summed E-state index contributed by atoms with van der Waals surface area (Å²) in [6, 6.07) is 55.5. The van der Waals surface area contributed by atoms with Crippen molar-refractivity contribution < 1.29 is 8.78 Å². The van der Waals surface area contributed by atoms with Crippen LogP contribution in [0.1, 0.15) is 0 Å². The first-order chi connectivity index (χ1) is 24.1. The van der Waals surface area contributed by atoms with Crippen LogP contribution in [0.3, 0.4) is 0 Å². The van der Waals surface area contributed by atoms with Gasteiger partial charge in [0.25, 0.3) is 0 Å². The van der Waals surface area contributed by atoms with Crippen molar-refractivity contribution in [1.82, 2.24) is 0 Å². The molecule has 8 aromatic carbocycles. The van der Waals surface area contributed by atoms with Gasteiger partial charge in [-0.05, 0) is 106 Å². The van der Waals surface area contributed by atoms with Crippen LogP contribution in [0.2, 0.25) is 0 Å². The molecule has 1 heterocycles. The molecule has 0 aliphatic heterocycles. The molecule has 9 rings (SSSR count). The number of nitrogens with zero attached hydrogens (tertiary/aromatic N) is 2. The summed E-state index contributed by atoms with van der Waals surface area (Å²) in [6.07, 6.45) is 0. The largest absolute Gasteiger partial charge is 0.309 e. The van der Waals surface area contributed by atoms with Gasteiger partial charge in [-0.1, -0.05) is 84.9 Å². The van der Waals surface area contributed by atoms with Gasteiger partial charge in [0.05, 0.1) is 20.8 Å². The highest BCUT2D eigenvalue weighted by atomic mass is 32.1. The van der Waals surface area contributed by atoms with Gasteiger partial charge in [0, 0.05) is 33.5 Å². The van der Waals surface area contributed by atoms with E-state index in [0.717, 1.165) is 65.1 Å². The average Bonchev–Trinajstić information content (AvgIpc) is 3.56. The molecule has 9 aromatic rings. The van der Waals surface area contributed by atoms with Crippen LogP contribution < -0.4 is 9.80 Å². The summed E-state index contributed by atoms with van der Waals surface area (Å²) in [6.45, 7) is 0. The van der Waals surface area contributed by atoms with Crippen LogP contribution in [-0.4, -0.2) is 0 Å². The topological polar surface area (TPSA) is 6.48 Å². The number of anilines is 6. The molecule has 0 aliphatic carbocycles. The van der Waals surface area contributed by atoms with Gasteiger partial charge in [-0.3, -0.25) is 0 Å². The van der Waals surface area contributed by atoms with E-state index in [4.69, 9.17) is 0 Å². The second kappa shape index (κ2) is 11.9. The molecule has 0 atom stereocenters. The first kappa shape index (κ1) is 29.1. The van der Waals surface area contributed by atoms with Crippen molar-refractivity contribution in [2.75, 3.05) is 9.80 Å². The zero-order valence-corrected chi connectivity index (χ0v) is 27.0. The lowest BCUT2D eigenvalue weighted by atomic mass is 9.97. The van der Waals surface area contributed by atoms with Gasteiger partial charge in [0.15, 0.2) is 0 Å². The van der Waals surface area contributed by atoms with Crippen molar-refractivity contribution in [3.63, 3.8) is 0 Å². The van der Waals surface area contributed by atoms with Gasteiger partial charge in [-0.2, -0.15) is 0 Å². The number of halogens is 2. The highest BCUT2D eigenvalue weighted by molar-refractivity contribution is 7.27. The molecule has 0 saturated carbocycles. The Bertz CT molecular complexity index is 2430. The third-order valence-electron chi connectivity index (χ3n) is 9.10. The van der Waals surface area contributed by atoms with Gasteiger partial charge in [0.2, 0.25) is 0 Å². The minimum atomic E-state index is -0.278. The van der Waals surface area contributed by atoms with E-state index in [9.17, 15) is 8.78 Å². The second-order valence-electron chi connectivity index (χ2n) is 12.0. The minimum Gasteiger partial charge on any atom is -0.309 e. The lowest BCUT2D eigenvalue weighted by molar-refractivity contribution is 0.627. The van der Waals surface area contributed by atoms with Crippen LogP contribution in [0.4, 0.5) is 42.9 Å². The van der Waals surface area contributed by atoms with Gasteiger partial charge in [0.1, 0.15) is 11.6 Å². The summed E-state index contributed by atoms with van der Waals surface area (Å²) in [7, 11) is 0. The first-order valence-electron chi connectivity index (χ1n) is 16.2. The van der Waals surface area contributed by atoms with Crippen molar-refractivity contribution in [1.29, 1.82) is 0 Å². The fraction of sp³-hybridized carbons (Fsp3) is 0. The number of thiophene rings is 1. The SMILES string of the molecule is Fc1ccc(N(c2ccccc2)c2cc3ccccc3c3c2sc2c(N(c4ccccc4)c4ccc(F)cc4)cc4ccccc4c23)cc1. The Labute approximate surface area is 286 Å².